The Balaban J connectivity index is 1.93. The topological polar surface area (TPSA) is 53.9 Å². The van der Waals surface area contributed by atoms with E-state index in [0.29, 0.717) is 19.5 Å². The quantitative estimate of drug-likeness (QED) is 0.875. The summed E-state index contributed by atoms with van der Waals surface area (Å²) in [6.45, 7) is 7.06. The van der Waals surface area contributed by atoms with Gasteiger partial charge in [0.1, 0.15) is 5.82 Å². The molecule has 0 radical (unpaired) electrons. The fourth-order valence-electron chi connectivity index (χ4n) is 2.47. The molecule has 1 aromatic rings. The van der Waals surface area contributed by atoms with Gasteiger partial charge in [-0.25, -0.2) is 9.18 Å². The van der Waals surface area contributed by atoms with Crippen molar-refractivity contribution in [3.63, 3.8) is 0 Å². The van der Waals surface area contributed by atoms with Crippen molar-refractivity contribution in [1.82, 2.24) is 10.2 Å². The minimum Gasteiger partial charge on any atom is -0.390 e. The summed E-state index contributed by atoms with van der Waals surface area (Å²) in [4.78, 5) is 19.4. The highest BCUT2D eigenvalue weighted by atomic mass is 19.1. The number of hydrogen-bond acceptors (Lipinski definition) is 3. The van der Waals surface area contributed by atoms with Crippen molar-refractivity contribution >= 4 is 11.7 Å². The Morgan fingerprint density at radius 1 is 1.43 bits per heavy atom. The summed E-state index contributed by atoms with van der Waals surface area (Å²) in [6.07, 6.45) is 1.32. The zero-order chi connectivity index (χ0) is 16.8. The van der Waals surface area contributed by atoms with Crippen LogP contribution in [0.5, 0.6) is 0 Å². The van der Waals surface area contributed by atoms with Gasteiger partial charge in [-0.05, 0) is 38.0 Å². The molecule has 0 saturated carbocycles. The fourth-order valence-corrected chi connectivity index (χ4v) is 2.47. The van der Waals surface area contributed by atoms with Gasteiger partial charge in [0.25, 0.3) is 0 Å². The molecule has 1 aliphatic heterocycles. The van der Waals surface area contributed by atoms with Crippen molar-refractivity contribution in [2.45, 2.75) is 45.8 Å². The first-order valence-corrected chi connectivity index (χ1v) is 8.03. The molecule has 0 spiro atoms. The molecule has 0 saturated heterocycles. The van der Waals surface area contributed by atoms with E-state index >= 15 is 0 Å². The second kappa shape index (κ2) is 7.94. The van der Waals surface area contributed by atoms with Crippen LogP contribution in [0.2, 0.25) is 0 Å². The molecule has 0 bridgehead atoms. The van der Waals surface area contributed by atoms with Gasteiger partial charge < -0.3 is 15.1 Å². The van der Waals surface area contributed by atoms with E-state index < -0.39 is 0 Å². The molecule has 5 nitrogen and oxygen atoms in total. The minimum atomic E-state index is -0.274. The molecule has 0 unspecified atom stereocenters. The average molecular weight is 321 g/mol. The fraction of sp³-hybridized carbons (Fsp3) is 0.529. The molecular formula is C17H24FN3O2. The Bertz CT molecular complexity index is 557. The first-order chi connectivity index (χ1) is 11.0. The second-order valence-corrected chi connectivity index (χ2v) is 6.03. The van der Waals surface area contributed by atoms with Crippen LogP contribution in [0.1, 0.15) is 39.2 Å². The summed E-state index contributed by atoms with van der Waals surface area (Å²) in [7, 11) is 0. The summed E-state index contributed by atoms with van der Waals surface area (Å²) in [5.74, 6) is -0.274. The molecule has 1 aromatic carbocycles. The van der Waals surface area contributed by atoms with Crippen LogP contribution in [0.3, 0.4) is 0 Å². The van der Waals surface area contributed by atoms with E-state index in [0.717, 1.165) is 17.7 Å². The van der Waals surface area contributed by atoms with Crippen molar-refractivity contribution in [1.29, 1.82) is 0 Å². The van der Waals surface area contributed by atoms with Gasteiger partial charge in [-0.3, -0.25) is 0 Å². The normalized spacial score (nSPS) is 16.9. The van der Waals surface area contributed by atoms with Crippen molar-refractivity contribution in [2.24, 2.45) is 5.16 Å². The molecule has 1 N–H and O–H groups in total. The monoisotopic (exact) mass is 321 g/mol. The molecular weight excluding hydrogens is 297 g/mol. The zero-order valence-electron chi connectivity index (χ0n) is 13.9. The molecule has 1 aliphatic rings. The highest BCUT2D eigenvalue weighted by molar-refractivity contribution is 6.01. The van der Waals surface area contributed by atoms with Crippen LogP contribution in [0.4, 0.5) is 9.18 Å². The first kappa shape index (κ1) is 17.2. The number of amides is 2. The van der Waals surface area contributed by atoms with E-state index in [1.807, 2.05) is 20.8 Å². The van der Waals surface area contributed by atoms with Crippen molar-refractivity contribution < 1.29 is 14.0 Å². The molecule has 0 fully saturated rings. The first-order valence-electron chi connectivity index (χ1n) is 8.03. The largest absolute Gasteiger partial charge is 0.390 e. The highest BCUT2D eigenvalue weighted by Gasteiger charge is 2.26. The van der Waals surface area contributed by atoms with E-state index in [1.165, 1.54) is 12.1 Å². The molecule has 23 heavy (non-hydrogen) atoms. The number of rotatable bonds is 6. The summed E-state index contributed by atoms with van der Waals surface area (Å²) in [5, 5.41) is 6.99. The third-order valence-electron chi connectivity index (χ3n) is 3.53. The summed E-state index contributed by atoms with van der Waals surface area (Å²) < 4.78 is 13.0. The van der Waals surface area contributed by atoms with Crippen LogP contribution in [-0.4, -0.2) is 41.9 Å². The second-order valence-electron chi connectivity index (χ2n) is 6.03. The number of carbonyl (C=O) groups excluding carboxylic acids is 1. The maximum atomic E-state index is 13.0. The van der Waals surface area contributed by atoms with Gasteiger partial charge in [0.05, 0.1) is 12.3 Å². The predicted octanol–water partition coefficient (Wildman–Crippen LogP) is 3.15. The molecule has 2 amide bonds. The van der Waals surface area contributed by atoms with Gasteiger partial charge >= 0.3 is 6.03 Å². The van der Waals surface area contributed by atoms with Gasteiger partial charge in [-0.1, -0.05) is 24.2 Å². The Kier molecular flexibility index (Phi) is 5.96. The molecule has 1 atom stereocenters. The lowest BCUT2D eigenvalue weighted by atomic mass is 10.0. The average Bonchev–Trinajstić information content (AvgIpc) is 2.95. The van der Waals surface area contributed by atoms with Crippen LogP contribution in [0.15, 0.2) is 29.4 Å². The van der Waals surface area contributed by atoms with E-state index in [9.17, 15) is 9.18 Å². The summed E-state index contributed by atoms with van der Waals surface area (Å²) >= 11 is 0. The minimum absolute atomic E-state index is 0.0827. The maximum absolute atomic E-state index is 13.0. The van der Waals surface area contributed by atoms with Crippen molar-refractivity contribution in [2.75, 3.05) is 13.1 Å². The Morgan fingerprint density at radius 3 is 2.74 bits per heavy atom. The number of nitrogens with one attached hydrogen (secondary N) is 1. The van der Waals surface area contributed by atoms with E-state index in [2.05, 4.69) is 10.5 Å². The predicted molar refractivity (Wildman–Crippen MR) is 88.0 cm³/mol. The molecule has 126 valence electrons. The number of oxime groups is 1. The van der Waals surface area contributed by atoms with Crippen LogP contribution in [0, 0.1) is 5.82 Å². The Labute approximate surface area is 136 Å². The molecule has 0 aliphatic carbocycles. The van der Waals surface area contributed by atoms with Gasteiger partial charge in [-0.15, -0.1) is 0 Å². The molecule has 0 aromatic heterocycles. The smallest absolute Gasteiger partial charge is 0.317 e. The van der Waals surface area contributed by atoms with Crippen LogP contribution in [-0.2, 0) is 4.84 Å². The Hall–Kier alpha value is -2.11. The van der Waals surface area contributed by atoms with E-state index in [-0.39, 0.29) is 24.0 Å². The summed E-state index contributed by atoms with van der Waals surface area (Å²) in [6, 6.07) is 6.21. The SMILES string of the molecule is CCCN(C[C@@H]1CC(c2ccc(F)cc2)=NO1)C(=O)NC(C)C. The maximum Gasteiger partial charge on any atom is 0.317 e. The third-order valence-corrected chi connectivity index (χ3v) is 3.53. The lowest BCUT2D eigenvalue weighted by molar-refractivity contribution is 0.0603. The van der Waals surface area contributed by atoms with E-state index in [4.69, 9.17) is 4.84 Å². The van der Waals surface area contributed by atoms with Gasteiger partial charge in [0, 0.05) is 19.0 Å². The number of nitrogens with zero attached hydrogens (tertiary/aromatic N) is 2. The van der Waals surface area contributed by atoms with Crippen molar-refractivity contribution in [3.05, 3.63) is 35.6 Å². The van der Waals surface area contributed by atoms with E-state index in [1.54, 1.807) is 17.0 Å². The van der Waals surface area contributed by atoms with Crippen molar-refractivity contribution in [3.8, 4) is 0 Å². The third kappa shape index (κ3) is 4.94. The lowest BCUT2D eigenvalue weighted by Crippen LogP contribution is -2.46. The number of carbonyl (C=O) groups is 1. The van der Waals surface area contributed by atoms with Gasteiger partial charge in [0.2, 0.25) is 0 Å². The van der Waals surface area contributed by atoms with Gasteiger partial charge in [0.15, 0.2) is 6.10 Å². The lowest BCUT2D eigenvalue weighted by Gasteiger charge is -2.25. The molecule has 6 heteroatoms. The zero-order valence-corrected chi connectivity index (χ0v) is 13.9. The number of hydrogen-bond donors (Lipinski definition) is 1. The number of urea groups is 1. The molecule has 2 rings (SSSR count). The van der Waals surface area contributed by atoms with Crippen LogP contribution in [0.25, 0.3) is 0 Å². The molecule has 1 heterocycles. The highest BCUT2D eigenvalue weighted by Crippen LogP contribution is 2.18. The number of halogens is 1. The number of benzene rings is 1. The van der Waals surface area contributed by atoms with Crippen LogP contribution < -0.4 is 5.32 Å². The van der Waals surface area contributed by atoms with Gasteiger partial charge in [-0.2, -0.15) is 0 Å². The summed E-state index contributed by atoms with van der Waals surface area (Å²) in [5.41, 5.74) is 1.64. The standard InChI is InChI=1S/C17H24FN3O2/c1-4-9-21(17(22)19-12(2)3)11-15-10-16(20-23-15)13-5-7-14(18)8-6-13/h5-8,12,15H,4,9-11H2,1-3H3,(H,19,22)/t15-/m0/s1. The Morgan fingerprint density at radius 2 is 2.13 bits per heavy atom. The van der Waals surface area contributed by atoms with Crippen LogP contribution >= 0.6 is 0 Å².